The first-order valence-electron chi connectivity index (χ1n) is 7.35. The van der Waals surface area contributed by atoms with E-state index in [0.717, 1.165) is 32.1 Å². The third kappa shape index (κ3) is 4.49. The lowest BCUT2D eigenvalue weighted by Gasteiger charge is -2.29. The van der Waals surface area contributed by atoms with Gasteiger partial charge in [0.05, 0.1) is 6.54 Å². The van der Waals surface area contributed by atoms with E-state index < -0.39 is 0 Å². The smallest absolute Gasteiger partial charge is 0.239 e. The van der Waals surface area contributed by atoms with Gasteiger partial charge in [-0.1, -0.05) is 12.8 Å². The Bertz CT molecular complexity index is 342. The van der Waals surface area contributed by atoms with Crippen LogP contribution in [-0.2, 0) is 9.59 Å². The monoisotopic (exact) mass is 267 g/mol. The van der Waals surface area contributed by atoms with Crippen LogP contribution in [0, 0.1) is 5.92 Å². The van der Waals surface area contributed by atoms with Crippen molar-refractivity contribution in [3.05, 3.63) is 0 Å². The number of nitrogens with one attached hydrogen (secondary N) is 1. The highest BCUT2D eigenvalue weighted by molar-refractivity contribution is 5.85. The van der Waals surface area contributed by atoms with Crippen molar-refractivity contribution in [1.29, 1.82) is 0 Å². The largest absolute Gasteiger partial charge is 0.352 e. The summed E-state index contributed by atoms with van der Waals surface area (Å²) in [5.74, 6) is 0.273. The van der Waals surface area contributed by atoms with Gasteiger partial charge in [0.1, 0.15) is 0 Å². The molecule has 2 saturated carbocycles. The molecule has 3 N–H and O–H groups in total. The average molecular weight is 267 g/mol. The summed E-state index contributed by atoms with van der Waals surface area (Å²) in [5, 5.41) is 2.89. The van der Waals surface area contributed by atoms with Gasteiger partial charge in [0.2, 0.25) is 11.8 Å². The first-order chi connectivity index (χ1) is 9.06. The molecule has 0 radical (unpaired) electrons. The lowest BCUT2D eigenvalue weighted by Crippen LogP contribution is -2.42. The number of rotatable bonds is 5. The fourth-order valence-corrected chi connectivity index (χ4v) is 2.67. The number of carbonyl (C=O) groups is 2. The number of nitrogens with two attached hydrogens (primary N) is 1. The first-order valence-corrected chi connectivity index (χ1v) is 7.35. The maximum Gasteiger partial charge on any atom is 0.239 e. The fraction of sp³-hybridized carbons (Fsp3) is 0.857. The topological polar surface area (TPSA) is 75.4 Å². The molecule has 5 heteroatoms. The molecule has 0 saturated heterocycles. The molecule has 2 amide bonds. The van der Waals surface area contributed by atoms with Crippen LogP contribution < -0.4 is 11.1 Å². The molecular formula is C14H25N3O2. The average Bonchev–Trinajstić information content (AvgIpc) is 3.15. The van der Waals surface area contributed by atoms with Gasteiger partial charge in [-0.05, 0) is 31.6 Å². The van der Waals surface area contributed by atoms with Crippen molar-refractivity contribution < 1.29 is 9.59 Å². The zero-order valence-corrected chi connectivity index (χ0v) is 11.7. The molecule has 0 spiro atoms. The van der Waals surface area contributed by atoms with Crippen LogP contribution in [-0.4, -0.2) is 42.4 Å². The Morgan fingerprint density at radius 2 is 1.89 bits per heavy atom. The summed E-state index contributed by atoms with van der Waals surface area (Å²) in [6.45, 7) is 0.164. The Kier molecular flexibility index (Phi) is 4.80. The maximum atomic E-state index is 12.1. The summed E-state index contributed by atoms with van der Waals surface area (Å²) in [5.41, 5.74) is 6.05. The molecule has 19 heavy (non-hydrogen) atoms. The standard InChI is InChI=1S/C14H25N3O2/c1-17(9-13(18)16-11-6-7-11)14(19)8-10-4-2-3-5-12(10)15/h10-12H,2-9,15H2,1H3,(H,16,18). The molecule has 0 aromatic carbocycles. The van der Waals surface area contributed by atoms with Crippen LogP contribution >= 0.6 is 0 Å². The lowest BCUT2D eigenvalue weighted by atomic mass is 9.83. The minimum Gasteiger partial charge on any atom is -0.352 e. The quantitative estimate of drug-likeness (QED) is 0.767. The predicted molar refractivity (Wildman–Crippen MR) is 73.4 cm³/mol. The van der Waals surface area contributed by atoms with Gasteiger partial charge >= 0.3 is 0 Å². The van der Waals surface area contributed by atoms with Crippen molar-refractivity contribution in [2.24, 2.45) is 11.7 Å². The van der Waals surface area contributed by atoms with Gasteiger partial charge in [0, 0.05) is 25.6 Å². The SMILES string of the molecule is CN(CC(=O)NC1CC1)C(=O)CC1CCCCC1N. The summed E-state index contributed by atoms with van der Waals surface area (Å²) < 4.78 is 0. The molecule has 108 valence electrons. The summed E-state index contributed by atoms with van der Waals surface area (Å²) in [7, 11) is 1.70. The number of hydrogen-bond donors (Lipinski definition) is 2. The Balaban J connectivity index is 1.72. The van der Waals surface area contributed by atoms with Crippen molar-refractivity contribution >= 4 is 11.8 Å². The first kappa shape index (κ1) is 14.3. The minimum atomic E-state index is -0.0497. The lowest BCUT2D eigenvalue weighted by molar-refractivity contribution is -0.135. The van der Waals surface area contributed by atoms with E-state index in [9.17, 15) is 9.59 Å². The number of nitrogens with zero attached hydrogens (tertiary/aromatic N) is 1. The van der Waals surface area contributed by atoms with Gasteiger partial charge in [0.25, 0.3) is 0 Å². The van der Waals surface area contributed by atoms with Gasteiger partial charge < -0.3 is 16.0 Å². The molecule has 2 rings (SSSR count). The molecule has 5 nitrogen and oxygen atoms in total. The summed E-state index contributed by atoms with van der Waals surface area (Å²) in [6, 6.07) is 0.495. The number of hydrogen-bond acceptors (Lipinski definition) is 3. The molecular weight excluding hydrogens is 242 g/mol. The van der Waals surface area contributed by atoms with Crippen molar-refractivity contribution in [2.75, 3.05) is 13.6 Å². The van der Waals surface area contributed by atoms with E-state index >= 15 is 0 Å². The van der Waals surface area contributed by atoms with Crippen LogP contribution in [0.25, 0.3) is 0 Å². The summed E-state index contributed by atoms with van der Waals surface area (Å²) >= 11 is 0. The molecule has 0 heterocycles. The van der Waals surface area contributed by atoms with E-state index in [-0.39, 0.29) is 30.3 Å². The van der Waals surface area contributed by atoms with Crippen LogP contribution in [0.15, 0.2) is 0 Å². The number of carbonyl (C=O) groups excluding carboxylic acids is 2. The normalized spacial score (nSPS) is 26.8. The molecule has 2 aliphatic rings. The summed E-state index contributed by atoms with van der Waals surface area (Å²) in [6.07, 6.45) is 7.01. The van der Waals surface area contributed by atoms with Gasteiger partial charge in [0.15, 0.2) is 0 Å². The second-order valence-corrected chi connectivity index (χ2v) is 6.00. The molecule has 2 unspecified atom stereocenters. The van der Waals surface area contributed by atoms with E-state index in [1.807, 2.05) is 0 Å². The van der Waals surface area contributed by atoms with Gasteiger partial charge in [-0.2, -0.15) is 0 Å². The molecule has 0 aromatic rings. The minimum absolute atomic E-state index is 0.0355. The highest BCUT2D eigenvalue weighted by Gasteiger charge is 2.27. The third-order valence-electron chi connectivity index (χ3n) is 4.15. The maximum absolute atomic E-state index is 12.1. The zero-order valence-electron chi connectivity index (χ0n) is 11.7. The molecule has 0 aliphatic heterocycles. The highest BCUT2D eigenvalue weighted by atomic mass is 16.2. The molecule has 2 fully saturated rings. The summed E-state index contributed by atoms with van der Waals surface area (Å²) in [4.78, 5) is 25.2. The molecule has 0 bridgehead atoms. The van der Waals surface area contributed by atoms with E-state index in [4.69, 9.17) is 5.73 Å². The Morgan fingerprint density at radius 3 is 2.53 bits per heavy atom. The molecule has 2 atom stereocenters. The number of amides is 2. The van der Waals surface area contributed by atoms with E-state index in [0.29, 0.717) is 12.5 Å². The van der Waals surface area contributed by atoms with Crippen molar-refractivity contribution in [3.63, 3.8) is 0 Å². The Labute approximate surface area is 114 Å². The zero-order chi connectivity index (χ0) is 13.8. The van der Waals surface area contributed by atoms with Crippen molar-refractivity contribution in [2.45, 2.75) is 57.0 Å². The second kappa shape index (κ2) is 6.37. The van der Waals surface area contributed by atoms with Crippen LogP contribution in [0.1, 0.15) is 44.9 Å². The predicted octanol–water partition coefficient (Wildman–Crippen LogP) is 0.631. The Morgan fingerprint density at radius 1 is 1.21 bits per heavy atom. The van der Waals surface area contributed by atoms with Gasteiger partial charge in [-0.25, -0.2) is 0 Å². The van der Waals surface area contributed by atoms with Crippen molar-refractivity contribution in [3.8, 4) is 0 Å². The Hall–Kier alpha value is -1.10. The third-order valence-corrected chi connectivity index (χ3v) is 4.15. The van der Waals surface area contributed by atoms with Crippen LogP contribution in [0.5, 0.6) is 0 Å². The number of likely N-dealkylation sites (N-methyl/N-ethyl adjacent to an activating group) is 1. The van der Waals surface area contributed by atoms with Crippen molar-refractivity contribution in [1.82, 2.24) is 10.2 Å². The van der Waals surface area contributed by atoms with Crippen LogP contribution in [0.3, 0.4) is 0 Å². The molecule has 2 aliphatic carbocycles. The second-order valence-electron chi connectivity index (χ2n) is 6.00. The van der Waals surface area contributed by atoms with Crippen LogP contribution in [0.2, 0.25) is 0 Å². The molecule has 0 aromatic heterocycles. The van der Waals surface area contributed by atoms with E-state index in [1.54, 1.807) is 7.05 Å². The van der Waals surface area contributed by atoms with Crippen LogP contribution in [0.4, 0.5) is 0 Å². The van der Waals surface area contributed by atoms with E-state index in [2.05, 4.69) is 5.32 Å². The highest BCUT2D eigenvalue weighted by Crippen LogP contribution is 2.26. The van der Waals surface area contributed by atoms with Gasteiger partial charge in [-0.3, -0.25) is 9.59 Å². The fourth-order valence-electron chi connectivity index (χ4n) is 2.67. The van der Waals surface area contributed by atoms with Gasteiger partial charge in [-0.15, -0.1) is 0 Å². The van der Waals surface area contributed by atoms with E-state index in [1.165, 1.54) is 11.3 Å².